The number of fused-ring (bicyclic) bond motifs is 1. The standard InChI is InChI=1S/C24H27ClN4O/c1-15-13-17(7-9-19(15)22(30)29-11-5-6-12-29)16(2)28-24(3,4)23-26-20-10-8-18(25)14-21(20)27-23/h7-10,13-14,28H,2,5-6,11-12H2,1,3-4H3,(H,26,27). The molecule has 3 aromatic rings. The predicted molar refractivity (Wildman–Crippen MR) is 123 cm³/mol. The van der Waals surface area contributed by atoms with Gasteiger partial charge in [0.2, 0.25) is 0 Å². The first-order chi connectivity index (χ1) is 14.2. The first kappa shape index (κ1) is 20.5. The number of H-pyrrole nitrogens is 1. The van der Waals surface area contributed by atoms with Gasteiger partial charge in [-0.2, -0.15) is 0 Å². The van der Waals surface area contributed by atoms with Crippen molar-refractivity contribution in [2.45, 2.75) is 39.2 Å². The summed E-state index contributed by atoms with van der Waals surface area (Å²) < 4.78 is 0. The number of carbonyl (C=O) groups excluding carboxylic acids is 1. The molecule has 1 amide bonds. The van der Waals surface area contributed by atoms with Gasteiger partial charge in [0, 0.05) is 29.4 Å². The minimum absolute atomic E-state index is 0.122. The van der Waals surface area contributed by atoms with Crippen LogP contribution in [0, 0.1) is 6.92 Å². The molecule has 4 rings (SSSR count). The molecule has 1 fully saturated rings. The number of hydrogen-bond acceptors (Lipinski definition) is 3. The van der Waals surface area contributed by atoms with Crippen molar-refractivity contribution in [3.8, 4) is 0 Å². The van der Waals surface area contributed by atoms with Crippen LogP contribution in [-0.4, -0.2) is 33.9 Å². The van der Waals surface area contributed by atoms with E-state index in [4.69, 9.17) is 16.6 Å². The molecular formula is C24H27ClN4O. The number of nitrogens with zero attached hydrogens (tertiary/aromatic N) is 2. The van der Waals surface area contributed by atoms with E-state index in [-0.39, 0.29) is 5.91 Å². The molecule has 0 atom stereocenters. The number of nitrogens with one attached hydrogen (secondary N) is 2. The van der Waals surface area contributed by atoms with Crippen LogP contribution < -0.4 is 5.32 Å². The first-order valence-corrected chi connectivity index (χ1v) is 10.7. The van der Waals surface area contributed by atoms with E-state index in [1.54, 1.807) is 0 Å². The summed E-state index contributed by atoms with van der Waals surface area (Å²) in [7, 11) is 0. The number of halogens is 1. The first-order valence-electron chi connectivity index (χ1n) is 10.3. The molecule has 2 N–H and O–H groups in total. The summed E-state index contributed by atoms with van der Waals surface area (Å²) in [6.45, 7) is 12.0. The molecule has 1 aliphatic rings. The fourth-order valence-electron chi connectivity index (χ4n) is 3.97. The molecule has 0 bridgehead atoms. The van der Waals surface area contributed by atoms with Crippen molar-refractivity contribution in [2.75, 3.05) is 13.1 Å². The van der Waals surface area contributed by atoms with Gasteiger partial charge in [0.15, 0.2) is 0 Å². The maximum atomic E-state index is 12.7. The SMILES string of the molecule is C=C(NC(C)(C)c1nc2ccc(Cl)cc2[nH]1)c1ccc(C(=O)N2CCCC2)c(C)c1. The lowest BCUT2D eigenvalue weighted by Crippen LogP contribution is -2.36. The number of aromatic nitrogens is 2. The highest BCUT2D eigenvalue weighted by atomic mass is 35.5. The highest BCUT2D eigenvalue weighted by molar-refractivity contribution is 6.31. The molecule has 30 heavy (non-hydrogen) atoms. The van der Waals surface area contributed by atoms with Crippen LogP contribution in [0.3, 0.4) is 0 Å². The van der Waals surface area contributed by atoms with Gasteiger partial charge in [0.05, 0.1) is 16.6 Å². The van der Waals surface area contributed by atoms with E-state index in [9.17, 15) is 4.79 Å². The van der Waals surface area contributed by atoms with Gasteiger partial charge in [-0.1, -0.05) is 24.2 Å². The van der Waals surface area contributed by atoms with Crippen molar-refractivity contribution in [2.24, 2.45) is 0 Å². The van der Waals surface area contributed by atoms with E-state index < -0.39 is 5.54 Å². The molecule has 0 spiro atoms. The van der Waals surface area contributed by atoms with Crippen LogP contribution in [0.1, 0.15) is 54.0 Å². The largest absolute Gasteiger partial charge is 0.373 e. The summed E-state index contributed by atoms with van der Waals surface area (Å²) >= 11 is 6.09. The quantitative estimate of drug-likeness (QED) is 0.589. The molecule has 1 aliphatic heterocycles. The lowest BCUT2D eigenvalue weighted by atomic mass is 9.99. The lowest BCUT2D eigenvalue weighted by molar-refractivity contribution is 0.0792. The molecule has 1 aromatic heterocycles. The topological polar surface area (TPSA) is 61.0 Å². The van der Waals surface area contributed by atoms with Crippen LogP contribution >= 0.6 is 11.6 Å². The second kappa shape index (κ2) is 7.80. The molecular weight excluding hydrogens is 396 g/mol. The predicted octanol–water partition coefficient (Wildman–Crippen LogP) is 5.26. The highest BCUT2D eigenvalue weighted by Gasteiger charge is 2.26. The van der Waals surface area contributed by atoms with Crippen molar-refractivity contribution in [1.29, 1.82) is 0 Å². The van der Waals surface area contributed by atoms with Crippen molar-refractivity contribution in [3.63, 3.8) is 0 Å². The van der Waals surface area contributed by atoms with Crippen LogP contribution in [-0.2, 0) is 5.54 Å². The van der Waals surface area contributed by atoms with E-state index >= 15 is 0 Å². The maximum absolute atomic E-state index is 12.7. The zero-order valence-electron chi connectivity index (χ0n) is 17.7. The Morgan fingerprint density at radius 3 is 2.63 bits per heavy atom. The van der Waals surface area contributed by atoms with Gasteiger partial charge in [-0.15, -0.1) is 0 Å². The van der Waals surface area contributed by atoms with E-state index in [0.717, 1.165) is 65.2 Å². The molecule has 2 aromatic carbocycles. The number of benzene rings is 2. The molecule has 5 nitrogen and oxygen atoms in total. The Kier molecular flexibility index (Phi) is 5.33. The Labute approximate surface area is 182 Å². The summed E-state index contributed by atoms with van der Waals surface area (Å²) in [6, 6.07) is 11.5. The van der Waals surface area contributed by atoms with E-state index in [1.807, 2.05) is 48.2 Å². The number of rotatable bonds is 5. The third-order valence-corrected chi connectivity index (χ3v) is 5.93. The number of hydrogen-bond donors (Lipinski definition) is 2. The van der Waals surface area contributed by atoms with Crippen molar-refractivity contribution < 1.29 is 4.79 Å². The van der Waals surface area contributed by atoms with Gasteiger partial charge in [0.1, 0.15) is 5.82 Å². The maximum Gasteiger partial charge on any atom is 0.254 e. The highest BCUT2D eigenvalue weighted by Crippen LogP contribution is 2.26. The third kappa shape index (κ3) is 3.94. The summed E-state index contributed by atoms with van der Waals surface area (Å²) in [6.07, 6.45) is 2.18. The van der Waals surface area contributed by atoms with Crippen LogP contribution in [0.5, 0.6) is 0 Å². The van der Waals surface area contributed by atoms with Crippen molar-refractivity contribution >= 4 is 34.2 Å². The van der Waals surface area contributed by atoms with Crippen LogP contribution in [0.2, 0.25) is 5.02 Å². The molecule has 1 saturated heterocycles. The Bertz CT molecular complexity index is 1130. The van der Waals surface area contributed by atoms with Gasteiger partial charge >= 0.3 is 0 Å². The second-order valence-electron chi connectivity index (χ2n) is 8.50. The van der Waals surface area contributed by atoms with Gasteiger partial charge in [0.25, 0.3) is 5.91 Å². The average Bonchev–Trinajstić information content (AvgIpc) is 3.37. The monoisotopic (exact) mass is 422 g/mol. The summed E-state index contributed by atoms with van der Waals surface area (Å²) in [5.41, 5.74) is 4.76. The molecule has 0 unspecified atom stereocenters. The molecule has 6 heteroatoms. The summed E-state index contributed by atoms with van der Waals surface area (Å²) in [5.74, 6) is 0.926. The van der Waals surface area contributed by atoms with E-state index in [1.165, 1.54) is 0 Å². The minimum Gasteiger partial charge on any atom is -0.373 e. The minimum atomic E-state index is -0.472. The summed E-state index contributed by atoms with van der Waals surface area (Å²) in [5, 5.41) is 4.15. The Balaban J connectivity index is 1.53. The number of imidazole rings is 1. The Morgan fingerprint density at radius 1 is 1.20 bits per heavy atom. The summed E-state index contributed by atoms with van der Waals surface area (Å²) in [4.78, 5) is 22.7. The fraction of sp³-hybridized carbons (Fsp3) is 0.333. The van der Waals surface area contributed by atoms with Crippen LogP contribution in [0.4, 0.5) is 0 Å². The molecule has 0 aliphatic carbocycles. The average molecular weight is 423 g/mol. The number of amides is 1. The lowest BCUT2D eigenvalue weighted by Gasteiger charge is -2.27. The number of aromatic amines is 1. The van der Waals surface area contributed by atoms with Gasteiger partial charge in [-0.25, -0.2) is 4.98 Å². The fourth-order valence-corrected chi connectivity index (χ4v) is 4.14. The van der Waals surface area contributed by atoms with Crippen molar-refractivity contribution in [1.82, 2.24) is 20.2 Å². The van der Waals surface area contributed by atoms with Gasteiger partial charge in [-0.3, -0.25) is 4.79 Å². The zero-order valence-corrected chi connectivity index (χ0v) is 18.4. The molecule has 0 radical (unpaired) electrons. The zero-order chi connectivity index (χ0) is 21.5. The van der Waals surface area contributed by atoms with Crippen LogP contribution in [0.15, 0.2) is 43.0 Å². The van der Waals surface area contributed by atoms with E-state index in [2.05, 4.69) is 30.7 Å². The van der Waals surface area contributed by atoms with E-state index in [0.29, 0.717) is 5.02 Å². The van der Waals surface area contributed by atoms with Crippen LogP contribution in [0.25, 0.3) is 16.7 Å². The number of likely N-dealkylation sites (tertiary alicyclic amines) is 1. The molecule has 156 valence electrons. The molecule has 2 heterocycles. The van der Waals surface area contributed by atoms with Gasteiger partial charge < -0.3 is 15.2 Å². The number of carbonyl (C=O) groups is 1. The van der Waals surface area contributed by atoms with Crippen molar-refractivity contribution in [3.05, 3.63) is 70.5 Å². The smallest absolute Gasteiger partial charge is 0.254 e. The Hall–Kier alpha value is -2.79. The third-order valence-electron chi connectivity index (χ3n) is 5.70. The van der Waals surface area contributed by atoms with Gasteiger partial charge in [-0.05, 0) is 75.1 Å². The molecule has 0 saturated carbocycles. The normalized spacial score (nSPS) is 14.3. The number of aryl methyl sites for hydroxylation is 1. The Morgan fingerprint density at radius 2 is 1.93 bits per heavy atom. The second-order valence-corrected chi connectivity index (χ2v) is 8.94.